The van der Waals surface area contributed by atoms with Crippen molar-refractivity contribution in [1.29, 1.82) is 0 Å². The third kappa shape index (κ3) is 7.37. The summed E-state index contributed by atoms with van der Waals surface area (Å²) in [4.78, 5) is 44.3. The summed E-state index contributed by atoms with van der Waals surface area (Å²) in [6, 6.07) is 11.8. The number of carbonyl (C=O) groups excluding carboxylic acids is 2. The molecule has 1 aliphatic rings. The second kappa shape index (κ2) is 12.6. The molecule has 0 atom stereocenters. The first-order chi connectivity index (χ1) is 17.7. The van der Waals surface area contributed by atoms with E-state index in [-0.39, 0.29) is 18.0 Å². The van der Waals surface area contributed by atoms with Gasteiger partial charge >= 0.3 is 0 Å². The molecule has 4 rings (SSSR count). The molecule has 3 heterocycles. The number of aromatic amines is 1. The quantitative estimate of drug-likeness (QED) is 0.383. The van der Waals surface area contributed by atoms with Gasteiger partial charge in [-0.15, -0.1) is 0 Å². The van der Waals surface area contributed by atoms with E-state index < -0.39 is 5.91 Å². The summed E-state index contributed by atoms with van der Waals surface area (Å²) < 4.78 is 0. The number of primary amides is 1. The van der Waals surface area contributed by atoms with Gasteiger partial charge in [0.05, 0.1) is 0 Å². The molecule has 0 radical (unpaired) electrons. The lowest BCUT2D eigenvalue weighted by Gasteiger charge is -2.28. The third-order valence-electron chi connectivity index (χ3n) is 6.13. The summed E-state index contributed by atoms with van der Waals surface area (Å²) in [7, 11) is 0. The molecule has 9 heteroatoms. The fourth-order valence-electron chi connectivity index (χ4n) is 4.05. The first-order valence-electron chi connectivity index (χ1n) is 12.1. The van der Waals surface area contributed by atoms with E-state index in [4.69, 9.17) is 0 Å². The number of anilines is 1. The van der Waals surface area contributed by atoms with Crippen molar-refractivity contribution in [2.45, 2.75) is 27.3 Å². The van der Waals surface area contributed by atoms with E-state index >= 15 is 0 Å². The molecule has 0 aliphatic carbocycles. The molecule has 1 saturated heterocycles. The van der Waals surface area contributed by atoms with Crippen LogP contribution in [-0.2, 0) is 11.3 Å². The normalized spacial score (nSPS) is 12.8. The van der Waals surface area contributed by atoms with Gasteiger partial charge in [0.15, 0.2) is 0 Å². The van der Waals surface area contributed by atoms with Crippen LogP contribution in [0.15, 0.2) is 60.0 Å². The van der Waals surface area contributed by atoms with Crippen molar-refractivity contribution in [3.63, 3.8) is 0 Å². The zero-order valence-corrected chi connectivity index (χ0v) is 21.6. The number of nitrogens with two attached hydrogens (primary N) is 1. The van der Waals surface area contributed by atoms with E-state index in [1.165, 1.54) is 0 Å². The predicted octanol–water partition coefficient (Wildman–Crippen LogP) is 2.36. The fraction of sp³-hybridized carbons (Fsp3) is 0.286. The monoisotopic (exact) mass is 502 g/mol. The highest BCUT2D eigenvalue weighted by Crippen LogP contribution is 2.24. The summed E-state index contributed by atoms with van der Waals surface area (Å²) in [5, 5.41) is 6.25. The maximum atomic E-state index is 12.9. The number of H-pyrrole nitrogens is 1. The molecule has 2 amide bonds. The zero-order valence-electron chi connectivity index (χ0n) is 21.6. The lowest BCUT2D eigenvalue weighted by molar-refractivity contribution is -0.113. The van der Waals surface area contributed by atoms with Crippen LogP contribution in [0.5, 0.6) is 0 Å². The van der Waals surface area contributed by atoms with Crippen molar-refractivity contribution < 1.29 is 9.59 Å². The van der Waals surface area contributed by atoms with Crippen LogP contribution in [0, 0.1) is 20.8 Å². The van der Waals surface area contributed by atoms with Crippen molar-refractivity contribution in [2.75, 3.05) is 31.1 Å². The van der Waals surface area contributed by atoms with Crippen LogP contribution in [0.25, 0.3) is 11.1 Å². The van der Waals surface area contributed by atoms with Crippen LogP contribution in [0.1, 0.15) is 32.7 Å². The lowest BCUT2D eigenvalue weighted by atomic mass is 10.00. The van der Waals surface area contributed by atoms with Crippen molar-refractivity contribution >= 4 is 17.6 Å². The van der Waals surface area contributed by atoms with Crippen LogP contribution in [-0.4, -0.2) is 48.0 Å². The zero-order chi connectivity index (χ0) is 26.9. The van der Waals surface area contributed by atoms with E-state index in [9.17, 15) is 14.4 Å². The maximum Gasteiger partial charge on any atom is 0.253 e. The third-order valence-corrected chi connectivity index (χ3v) is 6.13. The van der Waals surface area contributed by atoms with Crippen molar-refractivity contribution in [1.82, 2.24) is 20.6 Å². The first kappa shape index (κ1) is 27.3. The van der Waals surface area contributed by atoms with Crippen molar-refractivity contribution in [2.24, 2.45) is 5.73 Å². The summed E-state index contributed by atoms with van der Waals surface area (Å²) >= 11 is 0. The van der Waals surface area contributed by atoms with E-state index in [0.717, 1.165) is 66.0 Å². The molecule has 0 saturated carbocycles. The average molecular weight is 503 g/mol. The number of pyridine rings is 2. The molecule has 1 aliphatic heterocycles. The Morgan fingerprint density at radius 3 is 2.35 bits per heavy atom. The average Bonchev–Trinajstić information content (AvgIpc) is 2.89. The molecule has 2 aromatic heterocycles. The molecular weight excluding hydrogens is 468 g/mol. The van der Waals surface area contributed by atoms with Crippen LogP contribution >= 0.6 is 0 Å². The van der Waals surface area contributed by atoms with Gasteiger partial charge in [-0.3, -0.25) is 14.4 Å². The van der Waals surface area contributed by atoms with Gasteiger partial charge in [0.1, 0.15) is 5.82 Å². The Balaban J connectivity index is 0.000000695. The van der Waals surface area contributed by atoms with Gasteiger partial charge < -0.3 is 26.3 Å². The van der Waals surface area contributed by atoms with Gasteiger partial charge in [0.2, 0.25) is 5.91 Å². The second-order valence-corrected chi connectivity index (χ2v) is 8.90. The summed E-state index contributed by atoms with van der Waals surface area (Å²) in [6.07, 6.45) is 2.92. The molecule has 0 unspecified atom stereocenters. The minimum atomic E-state index is -0.481. The van der Waals surface area contributed by atoms with Crippen LogP contribution in [0.2, 0.25) is 0 Å². The predicted molar refractivity (Wildman–Crippen MR) is 147 cm³/mol. The molecule has 194 valence electrons. The smallest absolute Gasteiger partial charge is 0.253 e. The lowest BCUT2D eigenvalue weighted by Crippen LogP contribution is -2.43. The van der Waals surface area contributed by atoms with Gasteiger partial charge in [0, 0.05) is 61.3 Å². The van der Waals surface area contributed by atoms with Gasteiger partial charge in [-0.05, 0) is 67.8 Å². The van der Waals surface area contributed by atoms with Gasteiger partial charge in [-0.1, -0.05) is 18.7 Å². The van der Waals surface area contributed by atoms with E-state index in [0.29, 0.717) is 11.1 Å². The number of amides is 2. The Kier molecular flexibility index (Phi) is 9.34. The van der Waals surface area contributed by atoms with Crippen molar-refractivity contribution in [3.05, 3.63) is 93.6 Å². The molecule has 0 spiro atoms. The van der Waals surface area contributed by atoms with Gasteiger partial charge in [-0.25, -0.2) is 4.98 Å². The number of rotatable bonds is 6. The topological polar surface area (TPSA) is 133 Å². The number of nitrogens with one attached hydrogen (secondary N) is 3. The Morgan fingerprint density at radius 1 is 1.08 bits per heavy atom. The Bertz CT molecular complexity index is 1320. The molecule has 1 fully saturated rings. The minimum Gasteiger partial charge on any atom is -0.366 e. The number of aromatic nitrogens is 2. The molecule has 5 N–H and O–H groups in total. The Morgan fingerprint density at radius 2 is 1.76 bits per heavy atom. The highest BCUT2D eigenvalue weighted by Gasteiger charge is 2.14. The molecular formula is C28H34N6O3. The summed E-state index contributed by atoms with van der Waals surface area (Å²) in [6.45, 7) is 12.7. The number of piperazine rings is 1. The summed E-state index contributed by atoms with van der Waals surface area (Å²) in [5.41, 5.74) is 9.99. The van der Waals surface area contributed by atoms with E-state index in [2.05, 4.69) is 37.8 Å². The number of aryl methyl sites for hydroxylation is 3. The molecule has 37 heavy (non-hydrogen) atoms. The molecule has 0 bridgehead atoms. The standard InChI is InChI=1S/C25H29N5O2.C3H5NO/c1-16-4-5-19(20-6-7-23(27-14-20)30-10-8-26-9-11-30)13-21(16)24(31)28-15-22-17(2)12-18(3)29-25(22)32;1-2-3(4)5/h4-7,12-14,26H,8-11,15H2,1-3H3,(H,28,31)(H,29,32);2H,1H2,(H2,4,5). The highest BCUT2D eigenvalue weighted by molar-refractivity contribution is 5.96. The minimum absolute atomic E-state index is 0.163. The number of nitrogens with zero attached hydrogens (tertiary/aromatic N) is 2. The Hall–Kier alpha value is -4.24. The first-order valence-corrected chi connectivity index (χ1v) is 12.1. The van der Waals surface area contributed by atoms with Gasteiger partial charge in [0.25, 0.3) is 11.5 Å². The number of hydrogen-bond acceptors (Lipinski definition) is 6. The number of hydrogen-bond donors (Lipinski definition) is 4. The summed E-state index contributed by atoms with van der Waals surface area (Å²) in [5.74, 6) is 0.290. The van der Waals surface area contributed by atoms with Gasteiger partial charge in [-0.2, -0.15) is 0 Å². The number of carbonyl (C=O) groups is 2. The highest BCUT2D eigenvalue weighted by atomic mass is 16.2. The van der Waals surface area contributed by atoms with E-state index in [1.807, 2.05) is 63.4 Å². The van der Waals surface area contributed by atoms with Crippen LogP contribution in [0.4, 0.5) is 5.82 Å². The molecule has 9 nitrogen and oxygen atoms in total. The fourth-order valence-corrected chi connectivity index (χ4v) is 4.05. The van der Waals surface area contributed by atoms with Crippen LogP contribution in [0.3, 0.4) is 0 Å². The molecule has 3 aromatic rings. The van der Waals surface area contributed by atoms with E-state index in [1.54, 1.807) is 0 Å². The number of benzene rings is 1. The molecule has 1 aromatic carbocycles. The Labute approximate surface area is 216 Å². The van der Waals surface area contributed by atoms with Crippen molar-refractivity contribution in [3.8, 4) is 11.1 Å². The SMILES string of the molecule is C=CC(N)=O.Cc1cc(C)c(CNC(=O)c2cc(-c3ccc(N4CCNCC4)nc3)ccc2C)c(=O)[nH]1. The largest absolute Gasteiger partial charge is 0.366 e. The second-order valence-electron chi connectivity index (χ2n) is 8.90. The van der Waals surface area contributed by atoms with Crippen LogP contribution < -0.4 is 26.8 Å². The maximum absolute atomic E-state index is 12.9.